The number of nitrogens with zero attached hydrogens (tertiary/aromatic N) is 2. The molecule has 2 N–H and O–H groups in total. The van der Waals surface area contributed by atoms with Crippen LogP contribution in [-0.2, 0) is 11.3 Å². The number of hydrogen-bond donors (Lipinski definition) is 1. The normalized spacial score (nSPS) is 23.0. The van der Waals surface area contributed by atoms with Crippen LogP contribution in [0.2, 0.25) is 0 Å². The number of hydrogen-bond acceptors (Lipinski definition) is 3. The molecule has 7 heteroatoms. The first-order valence-electron chi connectivity index (χ1n) is 4.47. The number of rotatable bonds is 4. The predicted molar refractivity (Wildman–Crippen MR) is 53.6 cm³/mol. The van der Waals surface area contributed by atoms with E-state index < -0.39 is 12.0 Å². The van der Waals surface area contributed by atoms with Crippen molar-refractivity contribution in [1.82, 2.24) is 9.78 Å². The van der Waals surface area contributed by atoms with Crippen LogP contribution < -0.4 is 5.73 Å². The van der Waals surface area contributed by atoms with Crippen LogP contribution in [0.4, 0.5) is 14.6 Å². The summed E-state index contributed by atoms with van der Waals surface area (Å²) < 4.78 is 32.0. The van der Waals surface area contributed by atoms with Gasteiger partial charge in [0.2, 0.25) is 0 Å². The van der Waals surface area contributed by atoms with Crippen LogP contribution in [0, 0.1) is 0 Å². The van der Waals surface area contributed by atoms with E-state index in [1.807, 2.05) is 0 Å². The van der Waals surface area contributed by atoms with Gasteiger partial charge in [0, 0.05) is 12.6 Å². The SMILES string of the molecule is Nc1nn(CCOC2CC2(F)F)cc1Br. The standard InChI is InChI=1S/C8H10BrF2N3O/c9-5-4-14(13-7(5)12)1-2-15-6-3-8(6,10)11/h4,6H,1-3H2,(H2,12,13). The Labute approximate surface area is 93.5 Å². The third kappa shape index (κ3) is 2.46. The fourth-order valence-electron chi connectivity index (χ4n) is 1.18. The highest BCUT2D eigenvalue weighted by atomic mass is 79.9. The summed E-state index contributed by atoms with van der Waals surface area (Å²) in [6.07, 6.45) is 0.607. The minimum Gasteiger partial charge on any atom is -0.381 e. The summed E-state index contributed by atoms with van der Waals surface area (Å²) in [7, 11) is 0. The maximum atomic E-state index is 12.4. The lowest BCUT2D eigenvalue weighted by molar-refractivity contribution is 0.0100. The van der Waals surface area contributed by atoms with Crippen molar-refractivity contribution < 1.29 is 13.5 Å². The molecule has 84 valence electrons. The number of alkyl halides is 2. The van der Waals surface area contributed by atoms with E-state index in [9.17, 15) is 8.78 Å². The Kier molecular flexibility index (Phi) is 2.68. The maximum Gasteiger partial charge on any atom is 0.276 e. The predicted octanol–water partition coefficient (Wildman–Crippen LogP) is 1.65. The van der Waals surface area contributed by atoms with E-state index in [0.29, 0.717) is 16.8 Å². The molecule has 1 aliphatic carbocycles. The second kappa shape index (κ2) is 3.71. The largest absolute Gasteiger partial charge is 0.381 e. The minimum atomic E-state index is -2.62. The summed E-state index contributed by atoms with van der Waals surface area (Å²) >= 11 is 3.20. The third-order valence-corrected chi connectivity index (χ3v) is 2.76. The van der Waals surface area contributed by atoms with Gasteiger partial charge in [-0.15, -0.1) is 0 Å². The van der Waals surface area contributed by atoms with Gasteiger partial charge in [0.1, 0.15) is 6.10 Å². The highest BCUT2D eigenvalue weighted by Crippen LogP contribution is 2.44. The zero-order valence-corrected chi connectivity index (χ0v) is 9.38. The van der Waals surface area contributed by atoms with Gasteiger partial charge in [-0.05, 0) is 15.9 Å². The molecule has 1 aliphatic rings. The maximum absolute atomic E-state index is 12.4. The van der Waals surface area contributed by atoms with Crippen LogP contribution in [-0.4, -0.2) is 28.4 Å². The lowest BCUT2D eigenvalue weighted by Crippen LogP contribution is -2.11. The van der Waals surface area contributed by atoms with E-state index in [4.69, 9.17) is 10.5 Å². The number of halogens is 3. The average molecular weight is 282 g/mol. The van der Waals surface area contributed by atoms with E-state index in [1.54, 1.807) is 10.9 Å². The van der Waals surface area contributed by atoms with Gasteiger partial charge in [-0.3, -0.25) is 4.68 Å². The number of nitrogens with two attached hydrogens (primary N) is 1. The number of anilines is 1. The monoisotopic (exact) mass is 281 g/mol. The smallest absolute Gasteiger partial charge is 0.276 e. The Balaban J connectivity index is 1.75. The summed E-state index contributed by atoms with van der Waals surface area (Å²) in [4.78, 5) is 0. The van der Waals surface area contributed by atoms with Gasteiger partial charge < -0.3 is 10.5 Å². The van der Waals surface area contributed by atoms with Gasteiger partial charge in [-0.1, -0.05) is 0 Å². The number of ether oxygens (including phenoxy) is 1. The second-order valence-corrected chi connectivity index (χ2v) is 4.30. The first kappa shape index (κ1) is 10.8. The van der Waals surface area contributed by atoms with Crippen molar-refractivity contribution in [3.05, 3.63) is 10.7 Å². The molecule has 1 atom stereocenters. The van der Waals surface area contributed by atoms with Gasteiger partial charge in [-0.25, -0.2) is 8.78 Å². The van der Waals surface area contributed by atoms with E-state index in [-0.39, 0.29) is 13.0 Å². The molecule has 0 aliphatic heterocycles. The number of aromatic nitrogens is 2. The fraction of sp³-hybridized carbons (Fsp3) is 0.625. The summed E-state index contributed by atoms with van der Waals surface area (Å²) in [5.74, 6) is -2.24. The Bertz CT molecular complexity index is 349. The minimum absolute atomic E-state index is 0.169. The van der Waals surface area contributed by atoms with Crippen molar-refractivity contribution in [2.24, 2.45) is 0 Å². The van der Waals surface area contributed by atoms with Crippen molar-refractivity contribution in [2.75, 3.05) is 12.3 Å². The van der Waals surface area contributed by atoms with E-state index in [0.717, 1.165) is 0 Å². The molecule has 1 aromatic rings. The molecule has 1 saturated carbocycles. The zero-order valence-electron chi connectivity index (χ0n) is 7.79. The van der Waals surface area contributed by atoms with Gasteiger partial charge in [0.05, 0.1) is 17.6 Å². The van der Waals surface area contributed by atoms with Crippen molar-refractivity contribution >= 4 is 21.7 Å². The molecule has 0 bridgehead atoms. The number of nitrogen functional groups attached to an aromatic ring is 1. The Hall–Kier alpha value is -0.690. The van der Waals surface area contributed by atoms with Gasteiger partial charge in [0.15, 0.2) is 5.82 Å². The molecule has 4 nitrogen and oxygen atoms in total. The van der Waals surface area contributed by atoms with E-state index in [1.165, 1.54) is 0 Å². The second-order valence-electron chi connectivity index (χ2n) is 3.45. The molecule has 1 heterocycles. The lowest BCUT2D eigenvalue weighted by atomic mass is 10.6. The molecule has 1 fully saturated rings. The first-order chi connectivity index (χ1) is 6.99. The first-order valence-corrected chi connectivity index (χ1v) is 5.26. The molecule has 2 rings (SSSR count). The topological polar surface area (TPSA) is 53.1 Å². The molecule has 0 spiro atoms. The molecule has 0 saturated heterocycles. The molecule has 15 heavy (non-hydrogen) atoms. The van der Waals surface area contributed by atoms with Crippen LogP contribution in [0.3, 0.4) is 0 Å². The quantitative estimate of drug-likeness (QED) is 0.913. The third-order valence-electron chi connectivity index (χ3n) is 2.15. The van der Waals surface area contributed by atoms with Crippen LogP contribution in [0.15, 0.2) is 10.7 Å². The zero-order chi connectivity index (χ0) is 11.1. The Morgan fingerprint density at radius 2 is 2.40 bits per heavy atom. The molecule has 0 aromatic carbocycles. The van der Waals surface area contributed by atoms with Crippen LogP contribution in [0.5, 0.6) is 0 Å². The van der Waals surface area contributed by atoms with Crippen LogP contribution in [0.1, 0.15) is 6.42 Å². The molecule has 0 radical (unpaired) electrons. The molecule has 0 amide bonds. The molecular weight excluding hydrogens is 272 g/mol. The van der Waals surface area contributed by atoms with Crippen LogP contribution >= 0.6 is 15.9 Å². The van der Waals surface area contributed by atoms with Crippen molar-refractivity contribution in [2.45, 2.75) is 25.0 Å². The van der Waals surface area contributed by atoms with Crippen molar-refractivity contribution in [1.29, 1.82) is 0 Å². The van der Waals surface area contributed by atoms with Gasteiger partial charge >= 0.3 is 0 Å². The van der Waals surface area contributed by atoms with Crippen molar-refractivity contribution in [3.63, 3.8) is 0 Å². The van der Waals surface area contributed by atoms with E-state index in [2.05, 4.69) is 21.0 Å². The van der Waals surface area contributed by atoms with Gasteiger partial charge in [-0.2, -0.15) is 5.10 Å². The molecule has 1 aromatic heterocycles. The Morgan fingerprint density at radius 3 is 2.87 bits per heavy atom. The average Bonchev–Trinajstić information content (AvgIpc) is 2.59. The lowest BCUT2D eigenvalue weighted by Gasteiger charge is -2.02. The summed E-state index contributed by atoms with van der Waals surface area (Å²) in [5.41, 5.74) is 5.49. The summed E-state index contributed by atoms with van der Waals surface area (Å²) in [6, 6.07) is 0. The van der Waals surface area contributed by atoms with Crippen LogP contribution in [0.25, 0.3) is 0 Å². The fourth-order valence-corrected chi connectivity index (χ4v) is 1.50. The highest BCUT2D eigenvalue weighted by Gasteiger charge is 2.58. The van der Waals surface area contributed by atoms with E-state index >= 15 is 0 Å². The molecular formula is C8H10BrF2N3O. The van der Waals surface area contributed by atoms with Crippen molar-refractivity contribution in [3.8, 4) is 0 Å². The van der Waals surface area contributed by atoms with Gasteiger partial charge in [0.25, 0.3) is 5.92 Å². The highest BCUT2D eigenvalue weighted by molar-refractivity contribution is 9.10. The summed E-state index contributed by atoms with van der Waals surface area (Å²) in [5, 5.41) is 3.94. The summed E-state index contributed by atoms with van der Waals surface area (Å²) in [6.45, 7) is 0.635. The Morgan fingerprint density at radius 1 is 1.73 bits per heavy atom. The molecule has 1 unspecified atom stereocenters.